The number of thiophene rings is 1. The molecule has 1 aliphatic carbocycles. The molecule has 8 heteroatoms. The molecule has 5 nitrogen and oxygen atoms in total. The summed E-state index contributed by atoms with van der Waals surface area (Å²) in [5.41, 5.74) is 2.42. The monoisotopic (exact) mass is 596 g/mol. The summed E-state index contributed by atoms with van der Waals surface area (Å²) in [6.45, 7) is 6.74. The van der Waals surface area contributed by atoms with Gasteiger partial charge in [0.2, 0.25) is 5.91 Å². The first-order valence-electron chi connectivity index (χ1n) is 14.8. The Bertz CT molecular complexity index is 1330. The second kappa shape index (κ2) is 14.0. The number of rotatable bonds is 12. The number of ketones is 1. The van der Waals surface area contributed by atoms with Crippen LogP contribution in [0.3, 0.4) is 0 Å². The second-order valence-corrected chi connectivity index (χ2v) is 13.4. The van der Waals surface area contributed by atoms with Crippen LogP contribution < -0.4 is 10.6 Å². The third-order valence-electron chi connectivity index (χ3n) is 8.20. The van der Waals surface area contributed by atoms with Gasteiger partial charge < -0.3 is 15.7 Å². The number of hydrogen-bond donors (Lipinski definition) is 3. The van der Waals surface area contributed by atoms with E-state index in [2.05, 4.69) is 55.7 Å². The van der Waals surface area contributed by atoms with Crippen molar-refractivity contribution in [3.63, 3.8) is 0 Å². The van der Waals surface area contributed by atoms with Crippen molar-refractivity contribution >= 4 is 23.0 Å². The van der Waals surface area contributed by atoms with Gasteiger partial charge in [-0.3, -0.25) is 9.59 Å². The number of carbonyl (C=O) groups is 2. The zero-order valence-corrected chi connectivity index (χ0v) is 25.5. The number of carbonyl (C=O) groups excluding carboxylic acids is 2. The smallest absolute Gasteiger partial charge is 0.220 e. The van der Waals surface area contributed by atoms with Crippen LogP contribution in [0.1, 0.15) is 92.1 Å². The summed E-state index contributed by atoms with van der Waals surface area (Å²) < 4.78 is 28.0. The molecule has 0 bridgehead atoms. The lowest BCUT2D eigenvalue weighted by Gasteiger charge is -2.41. The molecule has 0 radical (unpaired) electrons. The van der Waals surface area contributed by atoms with E-state index in [0.717, 1.165) is 38.2 Å². The van der Waals surface area contributed by atoms with Crippen LogP contribution in [-0.2, 0) is 22.2 Å². The summed E-state index contributed by atoms with van der Waals surface area (Å²) in [5.74, 6) is -1.96. The fourth-order valence-electron chi connectivity index (χ4n) is 5.78. The fourth-order valence-corrected chi connectivity index (χ4v) is 6.48. The van der Waals surface area contributed by atoms with Gasteiger partial charge in [-0.15, -0.1) is 11.3 Å². The first kappa shape index (κ1) is 32.0. The van der Waals surface area contributed by atoms with Crippen LogP contribution in [0.2, 0.25) is 0 Å². The fraction of sp³-hybridized carbons (Fsp3) is 0.471. The van der Waals surface area contributed by atoms with Gasteiger partial charge in [-0.25, -0.2) is 8.78 Å². The predicted octanol–water partition coefficient (Wildman–Crippen LogP) is 6.82. The summed E-state index contributed by atoms with van der Waals surface area (Å²) in [6, 6.07) is 14.5. The summed E-state index contributed by atoms with van der Waals surface area (Å²) in [4.78, 5) is 25.9. The van der Waals surface area contributed by atoms with E-state index < -0.39 is 29.7 Å². The number of amides is 1. The first-order chi connectivity index (χ1) is 19.9. The molecule has 1 fully saturated rings. The molecule has 1 aromatic heterocycles. The maximum absolute atomic E-state index is 14.0. The van der Waals surface area contributed by atoms with Crippen LogP contribution in [-0.4, -0.2) is 35.5 Å². The molecule has 0 spiro atoms. The van der Waals surface area contributed by atoms with Crippen molar-refractivity contribution in [2.24, 2.45) is 0 Å². The number of benzene rings is 2. The molecule has 226 valence electrons. The Morgan fingerprint density at radius 1 is 0.976 bits per heavy atom. The highest BCUT2D eigenvalue weighted by molar-refractivity contribution is 7.12. The Morgan fingerprint density at radius 3 is 2.33 bits per heavy atom. The molecule has 1 saturated carbocycles. The summed E-state index contributed by atoms with van der Waals surface area (Å²) in [5, 5.41) is 19.7. The summed E-state index contributed by atoms with van der Waals surface area (Å²) in [6.07, 6.45) is 4.09. The lowest BCUT2D eigenvalue weighted by atomic mass is 9.74. The molecule has 2 atom stereocenters. The molecule has 42 heavy (non-hydrogen) atoms. The van der Waals surface area contributed by atoms with Crippen molar-refractivity contribution in [3.05, 3.63) is 93.2 Å². The van der Waals surface area contributed by atoms with Crippen molar-refractivity contribution in [2.75, 3.05) is 6.54 Å². The molecular formula is C34H42F2N2O3S. The number of hydrogen-bond acceptors (Lipinski definition) is 5. The average molecular weight is 597 g/mol. The third kappa shape index (κ3) is 8.55. The number of halogens is 2. The van der Waals surface area contributed by atoms with Gasteiger partial charge in [0.15, 0.2) is 5.78 Å². The number of aliphatic hydroxyl groups is 1. The molecular weight excluding hydrogens is 554 g/mol. The minimum Gasteiger partial charge on any atom is -0.390 e. The zero-order chi connectivity index (χ0) is 30.3. The van der Waals surface area contributed by atoms with E-state index in [1.165, 1.54) is 34.6 Å². The Hall–Kier alpha value is -2.94. The minimum absolute atomic E-state index is 0.00806. The van der Waals surface area contributed by atoms with Gasteiger partial charge >= 0.3 is 0 Å². The van der Waals surface area contributed by atoms with Gasteiger partial charge in [0.1, 0.15) is 11.6 Å². The second-order valence-electron chi connectivity index (χ2n) is 12.5. The lowest BCUT2D eigenvalue weighted by molar-refractivity contribution is -0.122. The number of Topliss-reactive ketones (excluding diaryl/α,β-unsaturated/α-hetero) is 1. The first-order valence-corrected chi connectivity index (χ1v) is 15.7. The molecule has 3 aromatic rings. The lowest BCUT2D eigenvalue weighted by Crippen LogP contribution is -2.53. The van der Waals surface area contributed by atoms with E-state index in [0.29, 0.717) is 10.4 Å². The van der Waals surface area contributed by atoms with Gasteiger partial charge in [0, 0.05) is 31.0 Å². The van der Waals surface area contributed by atoms with Crippen LogP contribution in [0.4, 0.5) is 8.78 Å². The molecule has 1 aliphatic rings. The number of nitrogens with one attached hydrogen (secondary N) is 2. The van der Waals surface area contributed by atoms with E-state index >= 15 is 0 Å². The third-order valence-corrected chi connectivity index (χ3v) is 9.11. The molecule has 4 rings (SSSR count). The molecule has 2 unspecified atom stereocenters. The standard InChI is InChI=1S/C34H42F2N2O3S/c1-33(2,3)24-9-7-10-25(20-24)34(14-5-4-6-15-34)37-22-30(40)28(19-23-17-26(35)21-27(36)18-23)38-32(41)13-12-29(39)31-11-8-16-42-31/h7-11,16-18,20-21,28,30,37,40H,4-6,12-15,19,22H2,1-3H3,(H,38,41). The maximum Gasteiger partial charge on any atom is 0.220 e. The average Bonchev–Trinajstić information content (AvgIpc) is 3.49. The largest absolute Gasteiger partial charge is 0.390 e. The maximum atomic E-state index is 14.0. The van der Waals surface area contributed by atoms with Gasteiger partial charge in [0.25, 0.3) is 0 Å². The van der Waals surface area contributed by atoms with Gasteiger partial charge in [0.05, 0.1) is 17.0 Å². The van der Waals surface area contributed by atoms with E-state index in [1.54, 1.807) is 12.1 Å². The van der Waals surface area contributed by atoms with Crippen molar-refractivity contribution in [1.82, 2.24) is 10.6 Å². The van der Waals surface area contributed by atoms with Crippen LogP contribution in [0.5, 0.6) is 0 Å². The van der Waals surface area contributed by atoms with Gasteiger partial charge in [-0.1, -0.05) is 70.4 Å². The highest BCUT2D eigenvalue weighted by Gasteiger charge is 2.35. The van der Waals surface area contributed by atoms with E-state index in [9.17, 15) is 23.5 Å². The zero-order valence-electron chi connectivity index (χ0n) is 24.7. The molecule has 2 aromatic carbocycles. The Morgan fingerprint density at radius 2 is 1.69 bits per heavy atom. The molecule has 1 amide bonds. The van der Waals surface area contributed by atoms with Crippen LogP contribution >= 0.6 is 11.3 Å². The van der Waals surface area contributed by atoms with Crippen LogP contribution in [0.15, 0.2) is 60.0 Å². The Labute approximate surface area is 251 Å². The van der Waals surface area contributed by atoms with Gasteiger partial charge in [-0.2, -0.15) is 0 Å². The Balaban J connectivity index is 1.51. The molecule has 0 saturated heterocycles. The van der Waals surface area contributed by atoms with Crippen LogP contribution in [0, 0.1) is 11.6 Å². The minimum atomic E-state index is -1.04. The van der Waals surface area contributed by atoms with Crippen molar-refractivity contribution in [1.29, 1.82) is 0 Å². The van der Waals surface area contributed by atoms with E-state index in [-0.39, 0.29) is 42.5 Å². The predicted molar refractivity (Wildman–Crippen MR) is 164 cm³/mol. The quantitative estimate of drug-likeness (QED) is 0.201. The normalized spacial score (nSPS) is 16.5. The SMILES string of the molecule is CC(C)(C)c1cccc(C2(NCC(O)C(Cc3cc(F)cc(F)c3)NC(=O)CCC(=O)c3cccs3)CCCCC2)c1. The van der Waals surface area contributed by atoms with E-state index in [4.69, 9.17) is 0 Å². The van der Waals surface area contributed by atoms with Crippen LogP contribution in [0.25, 0.3) is 0 Å². The molecule has 0 aliphatic heterocycles. The number of aliphatic hydroxyl groups excluding tert-OH is 1. The Kier molecular flexibility index (Phi) is 10.7. The highest BCUT2D eigenvalue weighted by atomic mass is 32.1. The highest BCUT2D eigenvalue weighted by Crippen LogP contribution is 2.38. The van der Waals surface area contributed by atoms with Crippen molar-refractivity contribution in [2.45, 2.75) is 95.2 Å². The molecule has 1 heterocycles. The topological polar surface area (TPSA) is 78.4 Å². The van der Waals surface area contributed by atoms with Crippen molar-refractivity contribution < 1.29 is 23.5 Å². The van der Waals surface area contributed by atoms with Crippen molar-refractivity contribution in [3.8, 4) is 0 Å². The molecule has 3 N–H and O–H groups in total. The summed E-state index contributed by atoms with van der Waals surface area (Å²) >= 11 is 1.33. The van der Waals surface area contributed by atoms with Gasteiger partial charge in [-0.05, 0) is 64.9 Å². The summed E-state index contributed by atoms with van der Waals surface area (Å²) in [7, 11) is 0. The van der Waals surface area contributed by atoms with E-state index in [1.807, 2.05) is 5.38 Å².